The quantitative estimate of drug-likeness (QED) is 0.479. The van der Waals surface area contributed by atoms with E-state index in [1.165, 1.54) is 18.3 Å². The van der Waals surface area contributed by atoms with Crippen LogP contribution in [0.1, 0.15) is 6.92 Å². The van der Waals surface area contributed by atoms with Gasteiger partial charge < -0.3 is 4.74 Å². The number of hydrogen-bond acceptors (Lipinski definition) is 3. The van der Waals surface area contributed by atoms with Crippen LogP contribution in [0.4, 0.5) is 0 Å². The van der Waals surface area contributed by atoms with Gasteiger partial charge in [0.2, 0.25) is 0 Å². The molecule has 1 aromatic rings. The molecule has 50 valence electrons. The van der Waals surface area contributed by atoms with Gasteiger partial charge in [-0.25, -0.2) is 0 Å². The second kappa shape index (κ2) is 5.46. The summed E-state index contributed by atoms with van der Waals surface area (Å²) in [5.74, 6) is -0.266. The predicted molar refractivity (Wildman–Crippen MR) is 42.8 cm³/mol. The molecule has 10 heavy (non-hydrogen) atoms. The van der Waals surface area contributed by atoms with Crippen LogP contribution >= 0.6 is 11.3 Å². The van der Waals surface area contributed by atoms with Crippen molar-refractivity contribution in [1.29, 1.82) is 0 Å². The minimum atomic E-state index is -0.266. The molecule has 0 saturated carbocycles. The van der Waals surface area contributed by atoms with Crippen molar-refractivity contribution in [2.75, 3.05) is 0 Å². The second-order valence-electron chi connectivity index (χ2n) is 1.53. The first-order chi connectivity index (χ1) is 4.29. The van der Waals surface area contributed by atoms with Gasteiger partial charge in [0, 0.05) is 6.92 Å². The normalized spacial score (nSPS) is 8.10. The number of carbonyl (C=O) groups excluding carboxylic acids is 1. The summed E-state index contributed by atoms with van der Waals surface area (Å²) in [4.78, 5) is 10.3. The van der Waals surface area contributed by atoms with Crippen LogP contribution in [0.25, 0.3) is 0 Å². The van der Waals surface area contributed by atoms with E-state index < -0.39 is 0 Å². The molecule has 4 heteroatoms. The summed E-state index contributed by atoms with van der Waals surface area (Å²) in [6, 6.07) is 3.59. The van der Waals surface area contributed by atoms with Crippen molar-refractivity contribution in [3.63, 3.8) is 0 Å². The predicted octanol–water partition coefficient (Wildman–Crippen LogP) is 1.02. The van der Waals surface area contributed by atoms with Crippen molar-refractivity contribution in [3.8, 4) is 5.06 Å². The van der Waals surface area contributed by atoms with E-state index in [0.717, 1.165) is 0 Å². The van der Waals surface area contributed by atoms with E-state index in [-0.39, 0.29) is 57.4 Å². The fourth-order valence-electron chi connectivity index (χ4n) is 0.463. The fraction of sp³-hybridized carbons (Fsp3) is 0.167. The molecule has 0 atom stereocenters. The first-order valence-electron chi connectivity index (χ1n) is 2.51. The Morgan fingerprint density at radius 2 is 2.40 bits per heavy atom. The van der Waals surface area contributed by atoms with Gasteiger partial charge >= 0.3 is 57.4 Å². The second-order valence-corrected chi connectivity index (χ2v) is 2.44. The van der Waals surface area contributed by atoms with Gasteiger partial charge in [-0.05, 0) is 17.5 Å². The number of carbonyl (C=O) groups is 1. The van der Waals surface area contributed by atoms with Crippen molar-refractivity contribution in [1.82, 2.24) is 0 Å². The molecule has 1 rings (SSSR count). The molecular weight excluding hydrogens is 175 g/mol. The molecule has 0 fully saturated rings. The summed E-state index contributed by atoms with van der Waals surface area (Å²) < 4.78 is 4.73. The van der Waals surface area contributed by atoms with Crippen molar-refractivity contribution in [3.05, 3.63) is 17.5 Å². The summed E-state index contributed by atoms with van der Waals surface area (Å²) in [6.07, 6.45) is 0. The van der Waals surface area contributed by atoms with E-state index in [9.17, 15) is 4.79 Å². The van der Waals surface area contributed by atoms with Crippen LogP contribution in [0.15, 0.2) is 17.5 Å². The third kappa shape index (κ3) is 3.85. The number of rotatable bonds is 1. The van der Waals surface area contributed by atoms with Gasteiger partial charge in [-0.1, -0.05) is 0 Å². The van der Waals surface area contributed by atoms with E-state index in [2.05, 4.69) is 0 Å². The van der Waals surface area contributed by atoms with Gasteiger partial charge in [-0.15, -0.1) is 11.3 Å². The molecule has 0 radical (unpaired) electrons. The summed E-state index contributed by atoms with van der Waals surface area (Å²) in [6.45, 7) is 1.39. The topological polar surface area (TPSA) is 26.3 Å². The zero-order chi connectivity index (χ0) is 6.69. The standard InChI is InChI=1S/C6H6O2S.K.H/c1-5(7)8-6-3-2-4-9-6;;/h2-4H,1H3;;. The van der Waals surface area contributed by atoms with E-state index in [1.54, 1.807) is 6.07 Å². The number of thiophene rings is 1. The fourth-order valence-corrected chi connectivity index (χ4v) is 1.08. The van der Waals surface area contributed by atoms with E-state index in [0.29, 0.717) is 5.06 Å². The van der Waals surface area contributed by atoms with Crippen molar-refractivity contribution < 1.29 is 9.53 Å². The summed E-state index contributed by atoms with van der Waals surface area (Å²) >= 11 is 1.41. The van der Waals surface area contributed by atoms with Crippen LogP contribution in [0.5, 0.6) is 5.06 Å². The van der Waals surface area contributed by atoms with Crippen LogP contribution in [0.3, 0.4) is 0 Å². The number of ether oxygens (including phenoxy) is 1. The van der Waals surface area contributed by atoms with Crippen LogP contribution < -0.4 is 4.74 Å². The van der Waals surface area contributed by atoms with Gasteiger partial charge in [0.05, 0.1) is 0 Å². The Bertz CT molecular complexity index is 196. The number of hydrogen-bond donors (Lipinski definition) is 0. The zero-order valence-electron chi connectivity index (χ0n) is 4.96. The molecule has 1 heterocycles. The monoisotopic (exact) mass is 182 g/mol. The van der Waals surface area contributed by atoms with Crippen LogP contribution in [-0.4, -0.2) is 57.4 Å². The summed E-state index contributed by atoms with van der Waals surface area (Å²) in [5.41, 5.74) is 0. The third-order valence-corrected chi connectivity index (χ3v) is 1.48. The van der Waals surface area contributed by atoms with Gasteiger partial charge in [0.1, 0.15) is 0 Å². The maximum atomic E-state index is 10.3. The Labute approximate surface area is 106 Å². The van der Waals surface area contributed by atoms with Gasteiger partial charge in [-0.3, -0.25) is 4.79 Å². The van der Waals surface area contributed by atoms with Crippen molar-refractivity contribution in [2.24, 2.45) is 0 Å². The Kier molecular flexibility index (Phi) is 5.90. The minimum absolute atomic E-state index is 0. The molecule has 0 bridgehead atoms. The molecule has 0 aromatic carbocycles. The maximum absolute atomic E-state index is 10.3. The van der Waals surface area contributed by atoms with Gasteiger partial charge in [0.15, 0.2) is 5.06 Å². The Balaban J connectivity index is 0.000000810. The zero-order valence-corrected chi connectivity index (χ0v) is 5.77. The first-order valence-corrected chi connectivity index (χ1v) is 3.39. The average Bonchev–Trinajstić information content (AvgIpc) is 2.15. The molecule has 0 N–H and O–H groups in total. The van der Waals surface area contributed by atoms with Crippen molar-refractivity contribution in [2.45, 2.75) is 6.92 Å². The van der Waals surface area contributed by atoms with E-state index in [4.69, 9.17) is 4.74 Å². The molecule has 0 aliphatic rings. The molecule has 2 nitrogen and oxygen atoms in total. The van der Waals surface area contributed by atoms with Crippen LogP contribution in [0, 0.1) is 0 Å². The summed E-state index contributed by atoms with van der Waals surface area (Å²) in [5, 5.41) is 2.51. The first kappa shape index (κ1) is 10.8. The van der Waals surface area contributed by atoms with Crippen LogP contribution in [-0.2, 0) is 4.79 Å². The molecule has 0 unspecified atom stereocenters. The van der Waals surface area contributed by atoms with Gasteiger partial charge in [-0.2, -0.15) is 0 Å². The van der Waals surface area contributed by atoms with Gasteiger partial charge in [0.25, 0.3) is 0 Å². The Morgan fingerprint density at radius 3 is 2.80 bits per heavy atom. The third-order valence-electron chi connectivity index (χ3n) is 0.739. The summed E-state index contributed by atoms with van der Waals surface area (Å²) in [7, 11) is 0. The Morgan fingerprint density at radius 1 is 1.70 bits per heavy atom. The molecule has 1 aromatic heterocycles. The molecule has 0 spiro atoms. The van der Waals surface area contributed by atoms with E-state index in [1.807, 2.05) is 11.4 Å². The van der Waals surface area contributed by atoms with E-state index >= 15 is 0 Å². The van der Waals surface area contributed by atoms with Crippen molar-refractivity contribution >= 4 is 68.7 Å². The Hall–Kier alpha value is 0.806. The van der Waals surface area contributed by atoms with Crippen LogP contribution in [0.2, 0.25) is 0 Å². The molecule has 0 saturated heterocycles. The molecule has 0 aliphatic carbocycles. The SMILES string of the molecule is CC(=O)Oc1cccs1.[KH]. The molecule has 0 aliphatic heterocycles. The molecule has 0 amide bonds. The molecular formula is C6H7KO2S. The number of esters is 1. The average molecular weight is 182 g/mol.